The third-order valence-corrected chi connectivity index (χ3v) is 3.94. The third-order valence-electron chi connectivity index (χ3n) is 3.63. The van der Waals surface area contributed by atoms with E-state index < -0.39 is 0 Å². The van der Waals surface area contributed by atoms with Crippen LogP contribution in [0.3, 0.4) is 0 Å². The topological polar surface area (TPSA) is 56.1 Å². The van der Waals surface area contributed by atoms with Gasteiger partial charge in [0, 0.05) is 24.9 Å². The highest BCUT2D eigenvalue weighted by Gasteiger charge is 2.09. The lowest BCUT2D eigenvalue weighted by atomic mass is 10.1. The molecule has 0 aliphatic heterocycles. The predicted molar refractivity (Wildman–Crippen MR) is 98.1 cm³/mol. The molecular weight excluding hydrogens is 338 g/mol. The van der Waals surface area contributed by atoms with Crippen LogP contribution in [0.25, 0.3) is 0 Å². The normalized spacial score (nSPS) is 10.5. The van der Waals surface area contributed by atoms with Crippen molar-refractivity contribution < 1.29 is 9.53 Å². The Hall–Kier alpha value is -2.79. The lowest BCUT2D eigenvalue weighted by Crippen LogP contribution is -2.13. The minimum atomic E-state index is -0.214. The molecule has 3 rings (SSSR count). The van der Waals surface area contributed by atoms with E-state index in [-0.39, 0.29) is 5.91 Å². The average molecular weight is 356 g/mol. The first-order chi connectivity index (χ1) is 12.0. The smallest absolute Gasteiger partial charge is 0.256 e. The number of nitrogens with zero attached hydrogens (tertiary/aromatic N) is 2. The van der Waals surface area contributed by atoms with E-state index in [1.165, 1.54) is 0 Å². The van der Waals surface area contributed by atoms with E-state index >= 15 is 0 Å². The molecule has 0 fully saturated rings. The Kier molecular flexibility index (Phi) is 5.05. The van der Waals surface area contributed by atoms with Crippen molar-refractivity contribution in [3.63, 3.8) is 0 Å². The van der Waals surface area contributed by atoms with Gasteiger partial charge in [-0.15, -0.1) is 0 Å². The number of rotatable bonds is 5. The minimum Gasteiger partial charge on any atom is -0.487 e. The zero-order valence-electron chi connectivity index (χ0n) is 14.0. The number of carbonyl (C=O) groups excluding carboxylic acids is 1. The Labute approximate surface area is 151 Å². The standard InChI is InChI=1S/C19H18ClN3O2/c1-13-6-7-16(20)17(10-13)25-12-14-4-3-5-15(11-14)19(24)21-18-8-9-23(2)22-18/h3-11H,12H2,1-2H3,(H,21,22,24). The van der Waals surface area contributed by atoms with Crippen LogP contribution in [0.1, 0.15) is 21.5 Å². The summed E-state index contributed by atoms with van der Waals surface area (Å²) < 4.78 is 7.41. The lowest BCUT2D eigenvalue weighted by molar-refractivity contribution is 0.102. The summed E-state index contributed by atoms with van der Waals surface area (Å²) in [5.41, 5.74) is 2.50. The molecule has 6 heteroatoms. The van der Waals surface area contributed by atoms with Crippen molar-refractivity contribution in [1.82, 2.24) is 9.78 Å². The Morgan fingerprint density at radius 1 is 1.24 bits per heavy atom. The molecule has 0 radical (unpaired) electrons. The second-order valence-electron chi connectivity index (χ2n) is 5.75. The molecule has 1 aromatic heterocycles. The lowest BCUT2D eigenvalue weighted by Gasteiger charge is -2.10. The molecule has 1 amide bonds. The first-order valence-electron chi connectivity index (χ1n) is 7.80. The number of hydrogen-bond donors (Lipinski definition) is 1. The number of amides is 1. The summed E-state index contributed by atoms with van der Waals surface area (Å²) >= 11 is 6.14. The van der Waals surface area contributed by atoms with E-state index in [2.05, 4.69) is 10.4 Å². The Bertz CT molecular complexity index is 905. The van der Waals surface area contributed by atoms with Gasteiger partial charge in [0.15, 0.2) is 5.82 Å². The van der Waals surface area contributed by atoms with Gasteiger partial charge in [0.2, 0.25) is 0 Å². The molecule has 0 spiro atoms. The number of halogens is 1. The molecule has 0 atom stereocenters. The summed E-state index contributed by atoms with van der Waals surface area (Å²) in [7, 11) is 1.80. The van der Waals surface area contributed by atoms with Gasteiger partial charge in [-0.1, -0.05) is 29.8 Å². The molecule has 3 aromatic rings. The molecule has 0 unspecified atom stereocenters. The van der Waals surface area contributed by atoms with Gasteiger partial charge in [-0.25, -0.2) is 0 Å². The van der Waals surface area contributed by atoms with E-state index in [0.717, 1.165) is 11.1 Å². The summed E-state index contributed by atoms with van der Waals surface area (Å²) in [6, 6.07) is 14.6. The number of aromatic nitrogens is 2. The van der Waals surface area contributed by atoms with Crippen LogP contribution in [-0.2, 0) is 13.7 Å². The molecule has 1 heterocycles. The molecule has 1 N–H and O–H groups in total. The summed E-state index contributed by atoms with van der Waals surface area (Å²) in [6.07, 6.45) is 1.77. The quantitative estimate of drug-likeness (QED) is 0.745. The molecule has 0 saturated carbocycles. The number of carbonyl (C=O) groups is 1. The van der Waals surface area contributed by atoms with Gasteiger partial charge in [0.25, 0.3) is 5.91 Å². The SMILES string of the molecule is Cc1ccc(Cl)c(OCc2cccc(C(=O)Nc3ccn(C)n3)c2)c1. The number of benzene rings is 2. The van der Waals surface area contributed by atoms with Gasteiger partial charge in [-0.05, 0) is 42.3 Å². The van der Waals surface area contributed by atoms with Crippen molar-refractivity contribution in [3.05, 3.63) is 76.4 Å². The Morgan fingerprint density at radius 3 is 2.84 bits per heavy atom. The maximum absolute atomic E-state index is 12.3. The van der Waals surface area contributed by atoms with Gasteiger partial charge >= 0.3 is 0 Å². The fourth-order valence-corrected chi connectivity index (χ4v) is 2.53. The van der Waals surface area contributed by atoms with E-state index in [1.807, 2.05) is 37.3 Å². The number of hydrogen-bond acceptors (Lipinski definition) is 3. The maximum Gasteiger partial charge on any atom is 0.256 e. The van der Waals surface area contributed by atoms with Crippen LogP contribution < -0.4 is 10.1 Å². The first kappa shape index (κ1) is 17.0. The van der Waals surface area contributed by atoms with Crippen LogP contribution in [0.4, 0.5) is 5.82 Å². The molecule has 0 aliphatic carbocycles. The van der Waals surface area contributed by atoms with E-state index in [9.17, 15) is 4.79 Å². The zero-order valence-corrected chi connectivity index (χ0v) is 14.7. The fraction of sp³-hybridized carbons (Fsp3) is 0.158. The van der Waals surface area contributed by atoms with Crippen LogP contribution in [-0.4, -0.2) is 15.7 Å². The van der Waals surface area contributed by atoms with E-state index in [4.69, 9.17) is 16.3 Å². The molecule has 2 aromatic carbocycles. The molecule has 128 valence electrons. The van der Waals surface area contributed by atoms with Gasteiger partial charge in [0.05, 0.1) is 5.02 Å². The molecule has 25 heavy (non-hydrogen) atoms. The molecular formula is C19H18ClN3O2. The molecule has 5 nitrogen and oxygen atoms in total. The maximum atomic E-state index is 12.3. The Morgan fingerprint density at radius 2 is 2.08 bits per heavy atom. The number of ether oxygens (including phenoxy) is 1. The van der Waals surface area contributed by atoms with E-state index in [0.29, 0.717) is 28.8 Å². The second kappa shape index (κ2) is 7.40. The van der Waals surface area contributed by atoms with Crippen molar-refractivity contribution in [2.75, 3.05) is 5.32 Å². The highest BCUT2D eigenvalue weighted by atomic mass is 35.5. The van der Waals surface area contributed by atoms with E-state index in [1.54, 1.807) is 36.1 Å². The van der Waals surface area contributed by atoms with Crippen molar-refractivity contribution >= 4 is 23.3 Å². The number of nitrogens with one attached hydrogen (secondary N) is 1. The summed E-state index contributed by atoms with van der Waals surface area (Å²) in [5.74, 6) is 0.930. The van der Waals surface area contributed by atoms with Gasteiger partial charge < -0.3 is 10.1 Å². The molecule has 0 bridgehead atoms. The van der Waals surface area contributed by atoms with Crippen LogP contribution in [0.2, 0.25) is 5.02 Å². The third kappa shape index (κ3) is 4.39. The molecule has 0 saturated heterocycles. The summed E-state index contributed by atoms with van der Waals surface area (Å²) in [5, 5.41) is 7.47. The summed E-state index contributed by atoms with van der Waals surface area (Å²) in [4.78, 5) is 12.3. The highest BCUT2D eigenvalue weighted by molar-refractivity contribution is 6.32. The predicted octanol–water partition coefficient (Wildman–Crippen LogP) is 4.21. The zero-order chi connectivity index (χ0) is 17.8. The van der Waals surface area contributed by atoms with Crippen molar-refractivity contribution in [2.24, 2.45) is 7.05 Å². The monoisotopic (exact) mass is 355 g/mol. The largest absolute Gasteiger partial charge is 0.487 e. The van der Waals surface area contributed by atoms with Crippen LogP contribution in [0.5, 0.6) is 5.75 Å². The van der Waals surface area contributed by atoms with Crippen LogP contribution in [0.15, 0.2) is 54.7 Å². The summed E-state index contributed by atoms with van der Waals surface area (Å²) in [6.45, 7) is 2.31. The first-order valence-corrected chi connectivity index (χ1v) is 8.18. The van der Waals surface area contributed by atoms with Crippen LogP contribution >= 0.6 is 11.6 Å². The van der Waals surface area contributed by atoms with Crippen LogP contribution in [0, 0.1) is 6.92 Å². The second-order valence-corrected chi connectivity index (χ2v) is 6.16. The highest BCUT2D eigenvalue weighted by Crippen LogP contribution is 2.26. The average Bonchev–Trinajstić information content (AvgIpc) is 3.01. The van der Waals surface area contributed by atoms with Crippen molar-refractivity contribution in [2.45, 2.75) is 13.5 Å². The van der Waals surface area contributed by atoms with Gasteiger partial charge in [0.1, 0.15) is 12.4 Å². The fourth-order valence-electron chi connectivity index (χ4n) is 2.35. The minimum absolute atomic E-state index is 0.214. The van der Waals surface area contributed by atoms with Gasteiger partial charge in [-0.2, -0.15) is 5.10 Å². The van der Waals surface area contributed by atoms with Crippen molar-refractivity contribution in [1.29, 1.82) is 0 Å². The number of aryl methyl sites for hydroxylation is 2. The Balaban J connectivity index is 1.68. The number of anilines is 1. The van der Waals surface area contributed by atoms with Crippen molar-refractivity contribution in [3.8, 4) is 5.75 Å². The van der Waals surface area contributed by atoms with Gasteiger partial charge in [-0.3, -0.25) is 9.48 Å². The molecule has 0 aliphatic rings.